The van der Waals surface area contributed by atoms with Crippen LogP contribution in [0.3, 0.4) is 0 Å². The Balaban J connectivity index is 0.00000408. The number of anilines is 4. The second kappa shape index (κ2) is 13.6. The summed E-state index contributed by atoms with van der Waals surface area (Å²) in [6.45, 7) is 8.79. The summed E-state index contributed by atoms with van der Waals surface area (Å²) in [7, 11) is 0. The minimum atomic E-state index is -0.0273. The van der Waals surface area contributed by atoms with Gasteiger partial charge in [-0.05, 0) is 58.8 Å². The summed E-state index contributed by atoms with van der Waals surface area (Å²) in [5, 5.41) is 6.35. The van der Waals surface area contributed by atoms with Crippen molar-refractivity contribution < 1.29 is 34.6 Å². The number of hydrogen-bond acceptors (Lipinski definition) is 6. The third kappa shape index (κ3) is 5.56. The van der Waals surface area contributed by atoms with Crippen LogP contribution in [0, 0.1) is 18.8 Å². The molecule has 0 atom stereocenters. The van der Waals surface area contributed by atoms with Crippen LogP contribution in [0.5, 0.6) is 11.5 Å². The van der Waals surface area contributed by atoms with Gasteiger partial charge in [-0.1, -0.05) is 93.0 Å². The summed E-state index contributed by atoms with van der Waals surface area (Å²) in [6, 6.07) is 56.8. The van der Waals surface area contributed by atoms with E-state index < -0.39 is 0 Å². The first-order valence-electron chi connectivity index (χ1n) is 19.8. The van der Waals surface area contributed by atoms with Gasteiger partial charge in [0.1, 0.15) is 28.1 Å². The van der Waals surface area contributed by atoms with Crippen LogP contribution in [0.15, 0.2) is 161 Å². The SMILES string of the molecule is CC(C)(C)c1ccnc(-n2c3[c-]c(Oc4[c-]c(N5[CH-]N(c6c7c(cc8oc9ccccc9c68)oc6ccccc67)c6ccccc65)ccc4)ccc3c3ccccc32)c1.[Pt]. The van der Waals surface area contributed by atoms with Crippen molar-refractivity contribution in [2.24, 2.45) is 0 Å². The molecule has 0 radical (unpaired) electrons. The van der Waals surface area contributed by atoms with Crippen molar-refractivity contribution in [3.8, 4) is 17.3 Å². The number of fused-ring (bicyclic) bond motifs is 10. The van der Waals surface area contributed by atoms with Crippen LogP contribution in [-0.4, -0.2) is 9.55 Å². The molecular formula is C52H35N4O3Pt-3. The number of furan rings is 2. The maximum absolute atomic E-state index is 6.62. The molecule has 0 unspecified atom stereocenters. The molecule has 1 aliphatic heterocycles. The Kier molecular flexibility index (Phi) is 8.23. The first kappa shape index (κ1) is 36.3. The summed E-state index contributed by atoms with van der Waals surface area (Å²) in [6.07, 6.45) is 1.89. The number of nitrogens with zero attached hydrogens (tertiary/aromatic N) is 4. The number of ether oxygens (including phenoxy) is 1. The molecule has 8 heteroatoms. The van der Waals surface area contributed by atoms with E-state index in [2.05, 4.69) is 151 Å². The predicted octanol–water partition coefficient (Wildman–Crippen LogP) is 14.1. The molecule has 60 heavy (non-hydrogen) atoms. The molecule has 294 valence electrons. The molecule has 0 bridgehead atoms. The molecule has 7 nitrogen and oxygen atoms in total. The van der Waals surface area contributed by atoms with Crippen LogP contribution < -0.4 is 14.5 Å². The van der Waals surface area contributed by atoms with E-state index in [0.717, 1.165) is 94.3 Å². The second-order valence-electron chi connectivity index (χ2n) is 16.1. The first-order valence-corrected chi connectivity index (χ1v) is 19.8. The number of aromatic nitrogens is 2. The summed E-state index contributed by atoms with van der Waals surface area (Å²) >= 11 is 0. The Labute approximate surface area is 360 Å². The van der Waals surface area contributed by atoms with E-state index in [1.54, 1.807) is 0 Å². The zero-order valence-corrected chi connectivity index (χ0v) is 35.1. The van der Waals surface area contributed by atoms with Crippen LogP contribution in [0.25, 0.3) is 71.5 Å². The fourth-order valence-corrected chi connectivity index (χ4v) is 8.72. The largest absolute Gasteiger partial charge is 0.509 e. The fourth-order valence-electron chi connectivity index (χ4n) is 8.72. The van der Waals surface area contributed by atoms with E-state index in [9.17, 15) is 0 Å². The number of rotatable bonds is 5. The smallest absolute Gasteiger partial charge is 0.141 e. The average molecular weight is 959 g/mol. The monoisotopic (exact) mass is 958 g/mol. The van der Waals surface area contributed by atoms with Gasteiger partial charge in [-0.25, -0.2) is 4.98 Å². The second-order valence-corrected chi connectivity index (χ2v) is 16.1. The quantitative estimate of drug-likeness (QED) is 0.160. The number of hydrogen-bond donors (Lipinski definition) is 0. The topological polar surface area (TPSA) is 59.8 Å². The Morgan fingerprint density at radius 1 is 0.583 bits per heavy atom. The molecule has 0 N–H and O–H groups in total. The van der Waals surface area contributed by atoms with Crippen molar-refractivity contribution >= 4 is 88.4 Å². The Hall–Kier alpha value is -6.82. The number of pyridine rings is 1. The van der Waals surface area contributed by atoms with Gasteiger partial charge in [-0.3, -0.25) is 0 Å². The van der Waals surface area contributed by atoms with Crippen molar-refractivity contribution in [3.05, 3.63) is 176 Å². The van der Waals surface area contributed by atoms with Crippen LogP contribution >= 0.6 is 0 Å². The molecule has 1 aliphatic rings. The van der Waals surface area contributed by atoms with Crippen molar-refractivity contribution in [1.82, 2.24) is 9.55 Å². The molecule has 12 rings (SSSR count). The minimum Gasteiger partial charge on any atom is -0.509 e. The zero-order valence-electron chi connectivity index (χ0n) is 32.8. The van der Waals surface area contributed by atoms with Gasteiger partial charge in [0.25, 0.3) is 0 Å². The van der Waals surface area contributed by atoms with Crippen molar-refractivity contribution in [2.45, 2.75) is 26.2 Å². The molecule has 0 spiro atoms. The Bertz CT molecular complexity index is 3390. The normalized spacial score (nSPS) is 13.0. The molecule has 0 amide bonds. The van der Waals surface area contributed by atoms with Crippen molar-refractivity contribution in [3.63, 3.8) is 0 Å². The third-order valence-corrected chi connectivity index (χ3v) is 11.5. The molecule has 0 aliphatic carbocycles. The molecule has 11 aromatic rings. The maximum Gasteiger partial charge on any atom is 0.141 e. The van der Waals surface area contributed by atoms with E-state index in [1.807, 2.05) is 54.7 Å². The molecule has 0 fully saturated rings. The summed E-state index contributed by atoms with van der Waals surface area (Å²) in [4.78, 5) is 9.26. The third-order valence-electron chi connectivity index (χ3n) is 11.5. The van der Waals surface area contributed by atoms with Crippen LogP contribution in [0.1, 0.15) is 26.3 Å². The van der Waals surface area contributed by atoms with E-state index in [4.69, 9.17) is 18.6 Å². The number of para-hydroxylation sites is 5. The van der Waals surface area contributed by atoms with E-state index in [-0.39, 0.29) is 26.5 Å². The maximum atomic E-state index is 6.62. The standard InChI is InChI=1S/C52H35N4O3.Pt/c1-52(2,3)32-25-26-53-48(27-32)56-40-18-7-4-15-36(40)37-24-23-35(29-43(37)56)57-34-14-12-13-33(28-34)54-31-55(42-20-9-8-19-41(42)54)51-49-38-16-5-10-21-44(38)58-46(49)30-47-50(51)39-17-6-11-22-45(39)59-47;/h4-27,30-31H,1-3H3;/q-3;. The van der Waals surface area contributed by atoms with Gasteiger partial charge in [-0.15, -0.1) is 48.1 Å². The Morgan fingerprint density at radius 3 is 1.93 bits per heavy atom. The van der Waals surface area contributed by atoms with E-state index >= 15 is 0 Å². The number of benzene rings is 7. The predicted molar refractivity (Wildman–Crippen MR) is 237 cm³/mol. The van der Waals surface area contributed by atoms with E-state index in [0.29, 0.717) is 11.5 Å². The van der Waals surface area contributed by atoms with Crippen molar-refractivity contribution in [2.75, 3.05) is 9.80 Å². The zero-order chi connectivity index (χ0) is 39.4. The summed E-state index contributed by atoms with van der Waals surface area (Å²) < 4.78 is 21.8. The fraction of sp³-hybridized carbons (Fsp3) is 0.0769. The van der Waals surface area contributed by atoms with Gasteiger partial charge in [-0.2, -0.15) is 12.1 Å². The van der Waals surface area contributed by atoms with Gasteiger partial charge in [0.2, 0.25) is 0 Å². The summed E-state index contributed by atoms with van der Waals surface area (Å²) in [5.41, 5.74) is 10.2. The van der Waals surface area contributed by atoms with Gasteiger partial charge >= 0.3 is 0 Å². The van der Waals surface area contributed by atoms with Crippen LogP contribution in [0.2, 0.25) is 0 Å². The van der Waals surface area contributed by atoms with Crippen molar-refractivity contribution in [1.29, 1.82) is 0 Å². The van der Waals surface area contributed by atoms with Gasteiger partial charge in [0.15, 0.2) is 0 Å². The van der Waals surface area contributed by atoms with Crippen LogP contribution in [0.4, 0.5) is 22.7 Å². The van der Waals surface area contributed by atoms with Gasteiger partial charge in [0, 0.05) is 78.2 Å². The first-order chi connectivity index (χ1) is 28.9. The average Bonchev–Trinajstić information content (AvgIpc) is 4.02. The molecule has 0 saturated heterocycles. The molecular weight excluding hydrogens is 924 g/mol. The van der Waals surface area contributed by atoms with Gasteiger partial charge < -0.3 is 27.9 Å². The molecule has 4 aromatic heterocycles. The van der Waals surface area contributed by atoms with Gasteiger partial charge in [0.05, 0.1) is 10.8 Å². The van der Waals surface area contributed by atoms with Crippen LogP contribution in [-0.2, 0) is 26.5 Å². The van der Waals surface area contributed by atoms with E-state index in [1.165, 1.54) is 5.56 Å². The minimum absolute atomic E-state index is 0. The molecule has 0 saturated carbocycles. The molecule has 5 heterocycles. The molecule has 7 aromatic carbocycles. The summed E-state index contributed by atoms with van der Waals surface area (Å²) in [5.74, 6) is 2.00. The Morgan fingerprint density at radius 2 is 1.22 bits per heavy atom.